The van der Waals surface area contributed by atoms with Gasteiger partial charge in [0.2, 0.25) is 0 Å². The van der Waals surface area contributed by atoms with E-state index in [1.54, 1.807) is 0 Å². The summed E-state index contributed by atoms with van der Waals surface area (Å²) in [5.74, 6) is -0.125. The summed E-state index contributed by atoms with van der Waals surface area (Å²) < 4.78 is 0. The van der Waals surface area contributed by atoms with Gasteiger partial charge in [0.15, 0.2) is 0 Å². The van der Waals surface area contributed by atoms with Crippen molar-refractivity contribution in [3.63, 3.8) is 0 Å². The molecular weight excluding hydrogens is 247 g/mol. The molecule has 0 aromatic heterocycles. The zero-order valence-electron chi connectivity index (χ0n) is 5.60. The molecule has 51 valence electrons. The molecule has 1 radical (unpaired) electrons. The van der Waals surface area contributed by atoms with Gasteiger partial charge in [-0.2, -0.15) is 0 Å². The van der Waals surface area contributed by atoms with Crippen LogP contribution in [0.25, 0.3) is 0 Å². The van der Waals surface area contributed by atoms with Crippen LogP contribution in [0.1, 0.15) is 20.3 Å². The molecule has 0 aliphatic heterocycles. The van der Waals surface area contributed by atoms with E-state index in [0.29, 0.717) is 0 Å². The summed E-state index contributed by atoms with van der Waals surface area (Å²) in [7, 11) is 0. The molecular formula is C5H10LaO3. The minimum Gasteiger partial charge on any atom is -0.412 e. The average Bonchev–Trinajstić information content (AvgIpc) is 1.27. The van der Waals surface area contributed by atoms with Crippen LogP contribution < -0.4 is 0 Å². The van der Waals surface area contributed by atoms with Gasteiger partial charge < -0.3 is 5.48 Å². The van der Waals surface area contributed by atoms with Crippen LogP contribution in [-0.2, 0) is 9.59 Å². The Balaban J connectivity index is -0.000000180. The second-order valence-corrected chi connectivity index (χ2v) is 1.58. The maximum absolute atomic E-state index is 10.0. The van der Waals surface area contributed by atoms with Crippen molar-refractivity contribution in [2.24, 2.45) is 0 Å². The Morgan fingerprint density at radius 2 is 1.33 bits per heavy atom. The molecule has 0 aliphatic carbocycles. The van der Waals surface area contributed by atoms with Crippen LogP contribution in [0.15, 0.2) is 0 Å². The van der Waals surface area contributed by atoms with Gasteiger partial charge in [0.25, 0.3) is 0 Å². The zero-order valence-corrected chi connectivity index (χ0v) is 9.23. The largest absolute Gasteiger partial charge is 0.412 e. The SMILES string of the molecule is CC(=O)CC(C)=O.O.[La]. The first-order valence-corrected chi connectivity index (χ1v) is 2.12. The maximum Gasteiger partial charge on any atom is 0.137 e. The maximum atomic E-state index is 10.0. The Morgan fingerprint density at radius 1 is 1.11 bits per heavy atom. The van der Waals surface area contributed by atoms with Crippen LogP contribution >= 0.6 is 0 Å². The summed E-state index contributed by atoms with van der Waals surface area (Å²) >= 11 is 0. The molecule has 0 saturated carbocycles. The molecule has 0 rings (SSSR count). The number of hydrogen-bond acceptors (Lipinski definition) is 2. The minimum atomic E-state index is -0.0625. The normalized spacial score (nSPS) is 6.44. The fourth-order valence-corrected chi connectivity index (χ4v) is 0.351. The Kier molecular flexibility index (Phi) is 15.3. The molecule has 0 heterocycles. The first kappa shape index (κ1) is 16.2. The van der Waals surface area contributed by atoms with Gasteiger partial charge >= 0.3 is 0 Å². The standard InChI is InChI=1S/C5H8O2.La.H2O/c1-4(6)3-5(2)7;;/h3H2,1-2H3;;1H2. The Hall–Kier alpha value is 0.495. The van der Waals surface area contributed by atoms with Crippen LogP contribution in [0, 0.1) is 35.6 Å². The van der Waals surface area contributed by atoms with Crippen molar-refractivity contribution in [3.8, 4) is 0 Å². The fraction of sp³-hybridized carbons (Fsp3) is 0.600. The van der Waals surface area contributed by atoms with Gasteiger partial charge in [-0.05, 0) is 13.8 Å². The van der Waals surface area contributed by atoms with E-state index < -0.39 is 0 Å². The molecule has 0 aromatic carbocycles. The van der Waals surface area contributed by atoms with Gasteiger partial charge in [0.05, 0.1) is 6.42 Å². The molecule has 0 spiro atoms. The zero-order chi connectivity index (χ0) is 5.86. The monoisotopic (exact) mass is 257 g/mol. The summed E-state index contributed by atoms with van der Waals surface area (Å²) in [6.45, 7) is 2.81. The smallest absolute Gasteiger partial charge is 0.137 e. The molecule has 2 N–H and O–H groups in total. The van der Waals surface area contributed by atoms with Gasteiger partial charge in [-0.25, -0.2) is 0 Å². The number of rotatable bonds is 2. The number of Topliss-reactive ketones (excluding diaryl/α,β-unsaturated/α-hetero) is 2. The van der Waals surface area contributed by atoms with Crippen LogP contribution in [0.5, 0.6) is 0 Å². The Labute approximate surface area is 82.1 Å². The fourth-order valence-electron chi connectivity index (χ4n) is 0.351. The van der Waals surface area contributed by atoms with E-state index in [4.69, 9.17) is 0 Å². The van der Waals surface area contributed by atoms with Crippen LogP contribution in [0.4, 0.5) is 0 Å². The molecule has 0 aromatic rings. The van der Waals surface area contributed by atoms with Crippen molar-refractivity contribution in [2.75, 3.05) is 0 Å². The van der Waals surface area contributed by atoms with Gasteiger partial charge in [0.1, 0.15) is 11.6 Å². The molecule has 3 nitrogen and oxygen atoms in total. The molecule has 4 heteroatoms. The third-order valence-corrected chi connectivity index (χ3v) is 0.498. The van der Waals surface area contributed by atoms with Crippen LogP contribution in [0.2, 0.25) is 0 Å². The van der Waals surface area contributed by atoms with Crippen molar-refractivity contribution in [1.82, 2.24) is 0 Å². The van der Waals surface area contributed by atoms with E-state index in [0.717, 1.165) is 0 Å². The predicted molar refractivity (Wildman–Crippen MR) is 29.6 cm³/mol. The topological polar surface area (TPSA) is 65.6 Å². The third kappa shape index (κ3) is 17.7. The number of carbonyl (C=O) groups excluding carboxylic acids is 2. The first-order chi connectivity index (χ1) is 3.13. The van der Waals surface area contributed by atoms with Crippen molar-refractivity contribution in [2.45, 2.75) is 20.3 Å². The molecule has 0 unspecified atom stereocenters. The molecule has 0 atom stereocenters. The molecule has 0 bridgehead atoms. The van der Waals surface area contributed by atoms with Crippen LogP contribution in [-0.4, -0.2) is 17.0 Å². The van der Waals surface area contributed by atoms with E-state index in [1.165, 1.54) is 13.8 Å². The molecule has 0 amide bonds. The third-order valence-electron chi connectivity index (χ3n) is 0.498. The van der Waals surface area contributed by atoms with Gasteiger partial charge in [-0.3, -0.25) is 9.59 Å². The molecule has 9 heavy (non-hydrogen) atoms. The van der Waals surface area contributed by atoms with Crippen molar-refractivity contribution in [3.05, 3.63) is 0 Å². The van der Waals surface area contributed by atoms with Crippen LogP contribution in [0.3, 0.4) is 0 Å². The van der Waals surface area contributed by atoms with E-state index in [2.05, 4.69) is 0 Å². The van der Waals surface area contributed by atoms with E-state index in [1.807, 2.05) is 0 Å². The summed E-state index contributed by atoms with van der Waals surface area (Å²) in [4.78, 5) is 20.1. The summed E-state index contributed by atoms with van der Waals surface area (Å²) in [5, 5.41) is 0. The Bertz CT molecular complexity index is 88.4. The average molecular weight is 257 g/mol. The predicted octanol–water partition coefficient (Wildman–Crippen LogP) is -0.270. The van der Waals surface area contributed by atoms with Crippen molar-refractivity contribution >= 4 is 11.6 Å². The number of carbonyl (C=O) groups is 2. The second kappa shape index (κ2) is 8.49. The molecule has 0 aliphatic rings. The number of hydrogen-bond donors (Lipinski definition) is 0. The van der Waals surface area contributed by atoms with E-state index in [-0.39, 0.29) is 59.1 Å². The first-order valence-electron chi connectivity index (χ1n) is 2.12. The van der Waals surface area contributed by atoms with Crippen molar-refractivity contribution in [1.29, 1.82) is 0 Å². The Morgan fingerprint density at radius 3 is 1.33 bits per heavy atom. The van der Waals surface area contributed by atoms with E-state index >= 15 is 0 Å². The van der Waals surface area contributed by atoms with Crippen molar-refractivity contribution < 1.29 is 50.7 Å². The summed E-state index contributed by atoms with van der Waals surface area (Å²) in [6, 6.07) is 0. The molecule has 0 saturated heterocycles. The van der Waals surface area contributed by atoms with E-state index in [9.17, 15) is 9.59 Å². The number of ketones is 2. The quantitative estimate of drug-likeness (QED) is 0.639. The van der Waals surface area contributed by atoms with Gasteiger partial charge in [0, 0.05) is 35.6 Å². The minimum absolute atomic E-state index is 0. The second-order valence-electron chi connectivity index (χ2n) is 1.58. The summed E-state index contributed by atoms with van der Waals surface area (Å²) in [6.07, 6.45) is 0.0833. The molecule has 0 fully saturated rings. The van der Waals surface area contributed by atoms with Gasteiger partial charge in [-0.1, -0.05) is 0 Å². The van der Waals surface area contributed by atoms with Gasteiger partial charge in [-0.15, -0.1) is 0 Å². The summed E-state index contributed by atoms with van der Waals surface area (Å²) in [5.41, 5.74) is 0.